The van der Waals surface area contributed by atoms with Gasteiger partial charge in [-0.05, 0) is 63.6 Å². The Bertz CT molecular complexity index is 779. The lowest BCUT2D eigenvalue weighted by Crippen LogP contribution is -2.30. The highest BCUT2D eigenvalue weighted by Gasteiger charge is 2.28. The van der Waals surface area contributed by atoms with Gasteiger partial charge in [0.05, 0.1) is 5.41 Å². The molecule has 2 aromatic rings. The van der Waals surface area contributed by atoms with E-state index in [-0.39, 0.29) is 12.5 Å². The standard InChI is InChI=1S/C20H23NO4/c1-13-5-10-17(14(2)11-13)21-18(22)15-6-8-16(9-7-15)25-12-20(3,4)19(23)24/h5-11H,12H2,1-4H3,(H,21,22)(H,23,24). The number of benzene rings is 2. The zero-order valence-electron chi connectivity index (χ0n) is 14.9. The van der Waals surface area contributed by atoms with Crippen LogP contribution in [0.15, 0.2) is 42.5 Å². The lowest BCUT2D eigenvalue weighted by atomic mass is 9.95. The lowest BCUT2D eigenvalue weighted by molar-refractivity contribution is -0.148. The van der Waals surface area contributed by atoms with Crippen LogP contribution in [0, 0.1) is 19.3 Å². The van der Waals surface area contributed by atoms with E-state index in [1.807, 2.05) is 32.0 Å². The van der Waals surface area contributed by atoms with Gasteiger partial charge in [0.2, 0.25) is 0 Å². The summed E-state index contributed by atoms with van der Waals surface area (Å²) in [5.74, 6) is -0.598. The van der Waals surface area contributed by atoms with Crippen molar-refractivity contribution in [1.82, 2.24) is 0 Å². The van der Waals surface area contributed by atoms with Gasteiger partial charge in [0.1, 0.15) is 12.4 Å². The second kappa shape index (κ2) is 7.38. The highest BCUT2D eigenvalue weighted by Crippen LogP contribution is 2.21. The van der Waals surface area contributed by atoms with Crippen molar-refractivity contribution in [2.24, 2.45) is 5.41 Å². The van der Waals surface area contributed by atoms with Crippen LogP contribution in [0.3, 0.4) is 0 Å². The molecule has 0 bridgehead atoms. The number of anilines is 1. The van der Waals surface area contributed by atoms with Crippen LogP contribution in [0.4, 0.5) is 5.69 Å². The molecule has 0 spiro atoms. The van der Waals surface area contributed by atoms with E-state index in [9.17, 15) is 9.59 Å². The van der Waals surface area contributed by atoms with Crippen LogP contribution in [0.2, 0.25) is 0 Å². The summed E-state index contributed by atoms with van der Waals surface area (Å²) in [6.45, 7) is 7.20. The molecule has 0 saturated heterocycles. The monoisotopic (exact) mass is 341 g/mol. The Morgan fingerprint density at radius 2 is 1.72 bits per heavy atom. The molecular weight excluding hydrogens is 318 g/mol. The van der Waals surface area contributed by atoms with Crippen LogP contribution in [-0.2, 0) is 4.79 Å². The largest absolute Gasteiger partial charge is 0.492 e. The first-order valence-corrected chi connectivity index (χ1v) is 8.04. The number of rotatable bonds is 6. The molecule has 0 fully saturated rings. The van der Waals surface area contributed by atoms with Gasteiger partial charge in [-0.25, -0.2) is 0 Å². The van der Waals surface area contributed by atoms with Gasteiger partial charge < -0.3 is 15.2 Å². The number of ether oxygens (including phenoxy) is 1. The van der Waals surface area contributed by atoms with Gasteiger partial charge in [-0.1, -0.05) is 17.7 Å². The van der Waals surface area contributed by atoms with Gasteiger partial charge in [0, 0.05) is 11.3 Å². The number of carbonyl (C=O) groups excluding carboxylic acids is 1. The zero-order chi connectivity index (χ0) is 18.6. The van der Waals surface area contributed by atoms with Crippen molar-refractivity contribution in [3.8, 4) is 5.75 Å². The van der Waals surface area contributed by atoms with E-state index in [2.05, 4.69) is 5.32 Å². The van der Waals surface area contributed by atoms with Crippen LogP contribution < -0.4 is 10.1 Å². The minimum atomic E-state index is -0.973. The van der Waals surface area contributed by atoms with E-state index in [0.717, 1.165) is 16.8 Å². The van der Waals surface area contributed by atoms with E-state index in [1.54, 1.807) is 38.1 Å². The molecule has 5 heteroatoms. The molecule has 25 heavy (non-hydrogen) atoms. The van der Waals surface area contributed by atoms with Crippen molar-refractivity contribution in [3.63, 3.8) is 0 Å². The Hall–Kier alpha value is -2.82. The highest BCUT2D eigenvalue weighted by molar-refractivity contribution is 6.04. The van der Waals surface area contributed by atoms with E-state index >= 15 is 0 Å². The number of aryl methyl sites for hydroxylation is 2. The minimum absolute atomic E-state index is 0.0520. The van der Waals surface area contributed by atoms with Gasteiger partial charge >= 0.3 is 5.97 Å². The fraction of sp³-hybridized carbons (Fsp3) is 0.300. The minimum Gasteiger partial charge on any atom is -0.492 e. The first-order chi connectivity index (χ1) is 11.7. The van der Waals surface area contributed by atoms with Gasteiger partial charge in [0.15, 0.2) is 0 Å². The van der Waals surface area contributed by atoms with Gasteiger partial charge in [-0.3, -0.25) is 9.59 Å². The smallest absolute Gasteiger partial charge is 0.312 e. The molecule has 0 aliphatic rings. The number of hydrogen-bond donors (Lipinski definition) is 2. The van der Waals surface area contributed by atoms with Crippen LogP contribution in [-0.4, -0.2) is 23.6 Å². The molecule has 2 rings (SSSR count). The summed E-state index contributed by atoms with van der Waals surface area (Å²) in [6.07, 6.45) is 0. The molecule has 0 aliphatic carbocycles. The fourth-order valence-corrected chi connectivity index (χ4v) is 2.18. The van der Waals surface area contributed by atoms with Crippen molar-refractivity contribution in [3.05, 3.63) is 59.2 Å². The molecule has 0 unspecified atom stereocenters. The molecule has 5 nitrogen and oxygen atoms in total. The average Bonchev–Trinajstić information content (AvgIpc) is 2.56. The van der Waals surface area contributed by atoms with Gasteiger partial charge in [-0.2, -0.15) is 0 Å². The molecule has 0 radical (unpaired) electrons. The molecule has 0 atom stereocenters. The summed E-state index contributed by atoms with van der Waals surface area (Å²) in [7, 11) is 0. The number of aliphatic carboxylic acids is 1. The third-order valence-corrected chi connectivity index (χ3v) is 3.93. The Kier molecular flexibility index (Phi) is 5.47. The topological polar surface area (TPSA) is 75.6 Å². The van der Waals surface area contributed by atoms with E-state index in [1.165, 1.54) is 0 Å². The Balaban J connectivity index is 2.01. The summed E-state index contributed by atoms with van der Waals surface area (Å²) >= 11 is 0. The number of carboxylic acid groups (broad SMARTS) is 1. The molecular formula is C20H23NO4. The van der Waals surface area contributed by atoms with Crippen LogP contribution in [0.1, 0.15) is 35.3 Å². The lowest BCUT2D eigenvalue weighted by Gasteiger charge is -2.19. The maximum absolute atomic E-state index is 12.3. The Labute approximate surface area is 147 Å². The number of carbonyl (C=O) groups is 2. The molecule has 0 heterocycles. The molecule has 0 aliphatic heterocycles. The van der Waals surface area contributed by atoms with Crippen molar-refractivity contribution in [1.29, 1.82) is 0 Å². The summed E-state index contributed by atoms with van der Waals surface area (Å²) in [4.78, 5) is 23.4. The number of carboxylic acids is 1. The average molecular weight is 341 g/mol. The van der Waals surface area contributed by atoms with Crippen molar-refractivity contribution in [2.45, 2.75) is 27.7 Å². The fourth-order valence-electron chi connectivity index (χ4n) is 2.18. The maximum atomic E-state index is 12.3. The SMILES string of the molecule is Cc1ccc(NC(=O)c2ccc(OCC(C)(C)C(=O)O)cc2)c(C)c1. The number of amides is 1. The van der Waals surface area contributed by atoms with E-state index < -0.39 is 11.4 Å². The van der Waals surface area contributed by atoms with E-state index in [4.69, 9.17) is 9.84 Å². The summed E-state index contributed by atoms with van der Waals surface area (Å²) in [6, 6.07) is 12.5. The number of nitrogens with one attached hydrogen (secondary N) is 1. The van der Waals surface area contributed by atoms with Crippen LogP contribution in [0.25, 0.3) is 0 Å². The van der Waals surface area contributed by atoms with Crippen molar-refractivity contribution < 1.29 is 19.4 Å². The molecule has 1 amide bonds. The second-order valence-electron chi connectivity index (χ2n) is 6.77. The van der Waals surface area contributed by atoms with Crippen molar-refractivity contribution >= 4 is 17.6 Å². The molecule has 0 saturated carbocycles. The summed E-state index contributed by atoms with van der Waals surface area (Å²) in [5.41, 5.74) is 2.45. The third-order valence-electron chi connectivity index (χ3n) is 3.93. The Morgan fingerprint density at radius 1 is 1.08 bits per heavy atom. The predicted octanol–water partition coefficient (Wildman–Crippen LogP) is 4.05. The van der Waals surface area contributed by atoms with Gasteiger partial charge in [0.25, 0.3) is 5.91 Å². The molecule has 132 valence electrons. The van der Waals surface area contributed by atoms with E-state index in [0.29, 0.717) is 11.3 Å². The predicted molar refractivity (Wildman–Crippen MR) is 97.2 cm³/mol. The summed E-state index contributed by atoms with van der Waals surface area (Å²) in [5, 5.41) is 12.0. The second-order valence-corrected chi connectivity index (χ2v) is 6.77. The van der Waals surface area contributed by atoms with Crippen LogP contribution in [0.5, 0.6) is 5.75 Å². The first kappa shape index (κ1) is 18.5. The molecule has 0 aromatic heterocycles. The quantitative estimate of drug-likeness (QED) is 0.831. The van der Waals surface area contributed by atoms with Gasteiger partial charge in [-0.15, -0.1) is 0 Å². The van der Waals surface area contributed by atoms with Crippen LogP contribution >= 0.6 is 0 Å². The molecule has 2 N–H and O–H groups in total. The zero-order valence-corrected chi connectivity index (χ0v) is 14.9. The third kappa shape index (κ3) is 4.83. The van der Waals surface area contributed by atoms with Crippen molar-refractivity contribution in [2.75, 3.05) is 11.9 Å². The number of hydrogen-bond acceptors (Lipinski definition) is 3. The highest BCUT2D eigenvalue weighted by atomic mass is 16.5. The maximum Gasteiger partial charge on any atom is 0.312 e. The summed E-state index contributed by atoms with van der Waals surface area (Å²) < 4.78 is 5.50. The molecule has 2 aromatic carbocycles. The normalized spacial score (nSPS) is 11.0. The first-order valence-electron chi connectivity index (χ1n) is 8.04. The Morgan fingerprint density at radius 3 is 2.28 bits per heavy atom.